The fourth-order valence-corrected chi connectivity index (χ4v) is 3.24. The number of nitro groups is 1. The molecule has 0 bridgehead atoms. The van der Waals surface area contributed by atoms with Crippen LogP contribution in [0.1, 0.15) is 18.1 Å². The molecule has 0 aliphatic heterocycles. The van der Waals surface area contributed by atoms with Crippen LogP contribution in [0, 0.1) is 17.0 Å². The number of ether oxygens (including phenoxy) is 1. The smallest absolute Gasteiger partial charge is 0.271 e. The summed E-state index contributed by atoms with van der Waals surface area (Å²) in [5.74, 6) is 0.597. The Balaban J connectivity index is 1.72. The van der Waals surface area contributed by atoms with Crippen LogP contribution in [0.15, 0.2) is 54.6 Å². The Morgan fingerprint density at radius 1 is 0.968 bits per heavy atom. The maximum absolute atomic E-state index is 11.1. The number of nitro benzene ring substituents is 1. The fraction of sp³-hybridized carbons (Fsp3) is 0.182. The van der Waals surface area contributed by atoms with Gasteiger partial charge in [0.2, 0.25) is 0 Å². The predicted octanol–water partition coefficient (Wildman–Crippen LogP) is 6.01. The molecule has 8 nitrogen and oxygen atoms in total. The Hall–Kier alpha value is -3.65. The molecule has 0 aromatic heterocycles. The highest BCUT2D eigenvalue weighted by atomic mass is 35.5. The van der Waals surface area contributed by atoms with E-state index in [2.05, 4.69) is 21.7 Å². The lowest BCUT2D eigenvalue weighted by Crippen LogP contribution is -2.13. The molecular weight excluding hydrogens is 418 g/mol. The van der Waals surface area contributed by atoms with E-state index in [1.165, 1.54) is 17.7 Å². The van der Waals surface area contributed by atoms with E-state index in [4.69, 9.17) is 16.3 Å². The quantitative estimate of drug-likeness (QED) is 0.238. The van der Waals surface area contributed by atoms with Gasteiger partial charge in [-0.05, 0) is 43.2 Å². The van der Waals surface area contributed by atoms with Gasteiger partial charge in [0.1, 0.15) is 5.75 Å². The van der Waals surface area contributed by atoms with E-state index in [0.717, 1.165) is 16.9 Å². The van der Waals surface area contributed by atoms with Crippen molar-refractivity contribution in [2.75, 3.05) is 28.8 Å². The number of benzene rings is 3. The molecule has 0 aliphatic rings. The molecule has 3 aromatic carbocycles. The van der Waals surface area contributed by atoms with Crippen LogP contribution in [0.3, 0.4) is 0 Å². The summed E-state index contributed by atoms with van der Waals surface area (Å²) in [6, 6.07) is 16.4. The van der Waals surface area contributed by atoms with Gasteiger partial charge in [-0.3, -0.25) is 21.0 Å². The molecule has 0 heterocycles. The first-order chi connectivity index (χ1) is 14.9. The lowest BCUT2D eigenvalue weighted by atomic mass is 10.1. The Labute approximate surface area is 185 Å². The van der Waals surface area contributed by atoms with Crippen molar-refractivity contribution in [3.05, 3.63) is 80.9 Å². The van der Waals surface area contributed by atoms with Crippen molar-refractivity contribution in [1.29, 1.82) is 0 Å². The standard InChI is InChI=1S/C22H24ClN5O3/c1-4-15-11-18(28(29)30)13-19(23)22(15)27-26-20-10-9-17(12-21(20)31-3)25-24-16-7-5-14(2)6-8-16/h5-13,24-27H,4H2,1-3H3. The largest absolute Gasteiger partial charge is 0.494 e. The van der Waals surface area contributed by atoms with Gasteiger partial charge in [-0.15, -0.1) is 0 Å². The van der Waals surface area contributed by atoms with Gasteiger partial charge < -0.3 is 15.6 Å². The number of hydrazine groups is 2. The van der Waals surface area contributed by atoms with Crippen LogP contribution in [0.25, 0.3) is 0 Å². The first kappa shape index (κ1) is 22.0. The first-order valence-corrected chi connectivity index (χ1v) is 10.0. The normalized spacial score (nSPS) is 10.3. The fourth-order valence-electron chi connectivity index (χ4n) is 2.96. The van der Waals surface area contributed by atoms with Crippen molar-refractivity contribution in [1.82, 2.24) is 0 Å². The van der Waals surface area contributed by atoms with E-state index < -0.39 is 4.92 Å². The molecule has 0 fully saturated rings. The summed E-state index contributed by atoms with van der Waals surface area (Å²) >= 11 is 6.28. The van der Waals surface area contributed by atoms with Crippen LogP contribution in [0.4, 0.5) is 28.4 Å². The second kappa shape index (κ2) is 9.90. The second-order valence-corrected chi connectivity index (χ2v) is 7.26. The first-order valence-electron chi connectivity index (χ1n) is 9.66. The van der Waals surface area contributed by atoms with Gasteiger partial charge in [0.25, 0.3) is 5.69 Å². The van der Waals surface area contributed by atoms with Crippen molar-refractivity contribution in [3.8, 4) is 5.75 Å². The number of hydrogen-bond donors (Lipinski definition) is 4. The lowest BCUT2D eigenvalue weighted by Gasteiger charge is -2.18. The topological polar surface area (TPSA) is 100 Å². The number of methoxy groups -OCH3 is 1. The molecule has 31 heavy (non-hydrogen) atoms. The second-order valence-electron chi connectivity index (χ2n) is 6.85. The molecule has 4 N–H and O–H groups in total. The summed E-state index contributed by atoms with van der Waals surface area (Å²) in [7, 11) is 1.58. The zero-order chi connectivity index (χ0) is 22.4. The van der Waals surface area contributed by atoms with Crippen LogP contribution in [-0.4, -0.2) is 12.0 Å². The van der Waals surface area contributed by atoms with Crippen LogP contribution in [-0.2, 0) is 6.42 Å². The van der Waals surface area contributed by atoms with E-state index in [-0.39, 0.29) is 10.7 Å². The Morgan fingerprint density at radius 2 is 1.65 bits per heavy atom. The number of rotatable bonds is 9. The molecule has 0 spiro atoms. The minimum Gasteiger partial charge on any atom is -0.494 e. The average molecular weight is 442 g/mol. The minimum absolute atomic E-state index is 0.0403. The van der Waals surface area contributed by atoms with E-state index in [1.54, 1.807) is 7.11 Å². The average Bonchev–Trinajstić information content (AvgIpc) is 2.77. The summed E-state index contributed by atoms with van der Waals surface area (Å²) in [5.41, 5.74) is 17.3. The number of anilines is 4. The summed E-state index contributed by atoms with van der Waals surface area (Å²) in [6.45, 7) is 3.94. The van der Waals surface area contributed by atoms with Gasteiger partial charge in [0.15, 0.2) is 0 Å². The van der Waals surface area contributed by atoms with Crippen molar-refractivity contribution in [2.45, 2.75) is 20.3 Å². The van der Waals surface area contributed by atoms with Gasteiger partial charge in [-0.25, -0.2) is 0 Å². The zero-order valence-corrected chi connectivity index (χ0v) is 18.2. The van der Waals surface area contributed by atoms with Crippen LogP contribution >= 0.6 is 11.6 Å². The number of hydrogen-bond acceptors (Lipinski definition) is 7. The molecular formula is C22H24ClN5O3. The molecule has 0 aliphatic carbocycles. The minimum atomic E-state index is -0.457. The summed E-state index contributed by atoms with van der Waals surface area (Å²) in [5, 5.41) is 11.3. The van der Waals surface area contributed by atoms with Crippen LogP contribution < -0.4 is 26.4 Å². The van der Waals surface area contributed by atoms with Crippen molar-refractivity contribution < 1.29 is 9.66 Å². The Bertz CT molecular complexity index is 1070. The van der Waals surface area contributed by atoms with Crippen LogP contribution in [0.5, 0.6) is 5.75 Å². The predicted molar refractivity (Wildman–Crippen MR) is 126 cm³/mol. The molecule has 9 heteroatoms. The van der Waals surface area contributed by atoms with Gasteiger partial charge in [0, 0.05) is 18.2 Å². The highest BCUT2D eigenvalue weighted by Crippen LogP contribution is 2.33. The van der Waals surface area contributed by atoms with E-state index in [9.17, 15) is 10.1 Å². The van der Waals surface area contributed by atoms with Gasteiger partial charge in [0.05, 0.1) is 39.8 Å². The van der Waals surface area contributed by atoms with Crippen molar-refractivity contribution >= 4 is 40.0 Å². The van der Waals surface area contributed by atoms with E-state index in [0.29, 0.717) is 23.5 Å². The Morgan fingerprint density at radius 3 is 2.29 bits per heavy atom. The van der Waals surface area contributed by atoms with Gasteiger partial charge in [-0.2, -0.15) is 0 Å². The molecule has 0 amide bonds. The molecule has 0 radical (unpaired) electrons. The van der Waals surface area contributed by atoms with Crippen molar-refractivity contribution in [2.24, 2.45) is 0 Å². The third-order valence-corrected chi connectivity index (χ3v) is 4.97. The molecule has 162 valence electrons. The zero-order valence-electron chi connectivity index (χ0n) is 17.5. The molecule has 0 unspecified atom stereocenters. The molecule has 3 aromatic rings. The maximum atomic E-state index is 11.1. The molecule has 0 saturated heterocycles. The number of nitrogens with one attached hydrogen (secondary N) is 4. The molecule has 3 rings (SSSR count). The Kier molecular flexibility index (Phi) is 7.04. The van der Waals surface area contributed by atoms with E-state index in [1.807, 2.05) is 56.3 Å². The summed E-state index contributed by atoms with van der Waals surface area (Å²) < 4.78 is 5.49. The maximum Gasteiger partial charge on any atom is 0.271 e. The summed E-state index contributed by atoms with van der Waals surface area (Å²) in [6.07, 6.45) is 0.579. The molecule has 0 atom stereocenters. The van der Waals surface area contributed by atoms with E-state index >= 15 is 0 Å². The highest BCUT2D eigenvalue weighted by Gasteiger charge is 2.15. The third kappa shape index (κ3) is 5.49. The van der Waals surface area contributed by atoms with Gasteiger partial charge >= 0.3 is 0 Å². The molecule has 0 saturated carbocycles. The summed E-state index contributed by atoms with van der Waals surface area (Å²) in [4.78, 5) is 10.6. The monoisotopic (exact) mass is 441 g/mol. The third-order valence-electron chi connectivity index (χ3n) is 4.67. The number of nitrogens with zero attached hydrogens (tertiary/aromatic N) is 1. The number of non-ortho nitro benzene ring substituents is 1. The van der Waals surface area contributed by atoms with Crippen LogP contribution in [0.2, 0.25) is 5.02 Å². The van der Waals surface area contributed by atoms with Gasteiger partial charge in [-0.1, -0.05) is 36.2 Å². The number of aryl methyl sites for hydroxylation is 2. The lowest BCUT2D eigenvalue weighted by molar-refractivity contribution is -0.384. The highest BCUT2D eigenvalue weighted by molar-refractivity contribution is 6.33. The van der Waals surface area contributed by atoms with Crippen molar-refractivity contribution in [3.63, 3.8) is 0 Å². The number of halogens is 1. The SMILES string of the molecule is CCc1cc([N+](=O)[O-])cc(Cl)c1NNc1ccc(NNc2ccc(C)cc2)cc1OC.